The molecule has 0 unspecified atom stereocenters. The number of aliphatic hydroxyl groups excluding tert-OH is 5. The van der Waals surface area contributed by atoms with E-state index < -0.39 is 54.0 Å². The Balaban J connectivity index is 1.15. The van der Waals surface area contributed by atoms with E-state index in [0.717, 1.165) is 11.1 Å². The number of anilines is 2. The number of fused-ring (bicyclic) bond motifs is 2. The van der Waals surface area contributed by atoms with E-state index in [4.69, 9.17) is 9.47 Å². The van der Waals surface area contributed by atoms with Crippen LogP contribution in [0.2, 0.25) is 0 Å². The van der Waals surface area contributed by atoms with Gasteiger partial charge in [0.25, 0.3) is 11.8 Å². The number of aliphatic hydroxyl groups is 6. The second-order valence-electron chi connectivity index (χ2n) is 13.4. The van der Waals surface area contributed by atoms with Crippen molar-refractivity contribution in [1.29, 1.82) is 0 Å². The number of ether oxygens (including phenoxy) is 2. The summed E-state index contributed by atoms with van der Waals surface area (Å²) < 4.78 is 10.4. The van der Waals surface area contributed by atoms with Gasteiger partial charge in [-0.2, -0.15) is 0 Å². The molecule has 3 heterocycles. The van der Waals surface area contributed by atoms with Crippen LogP contribution < -0.4 is 15.0 Å². The van der Waals surface area contributed by atoms with Gasteiger partial charge < -0.3 is 55.2 Å². The maximum Gasteiger partial charge on any atom is 0.264 e. The highest BCUT2D eigenvalue weighted by atomic mass is 16.6. The second-order valence-corrected chi connectivity index (χ2v) is 13.4. The van der Waals surface area contributed by atoms with E-state index in [1.165, 1.54) is 12.0 Å². The molecule has 3 aromatic carbocycles. The van der Waals surface area contributed by atoms with Crippen LogP contribution in [-0.2, 0) is 44.2 Å². The third-order valence-corrected chi connectivity index (χ3v) is 10.1. The first-order valence-corrected chi connectivity index (χ1v) is 17.0. The molecular weight excluding hydrogens is 674 g/mol. The smallest absolute Gasteiger partial charge is 0.264 e. The molecule has 1 fully saturated rings. The SMILES string of the molecule is COc1ccc2c(c1)[C@](O)([C@@H](C)/C=C/CC(=O)N1Cc3ccccc3C[C@H]1CO)C(=O)N2Cc1ccc(NC(=O)[C@H]2O[C@@H](O)[C@H](O)[C@@H](O)[C@@H]2O)cc1. The van der Waals surface area contributed by atoms with E-state index >= 15 is 0 Å². The average Bonchev–Trinajstić information content (AvgIpc) is 3.37. The Morgan fingerprint density at radius 3 is 2.42 bits per heavy atom. The minimum Gasteiger partial charge on any atom is -0.497 e. The van der Waals surface area contributed by atoms with Crippen molar-refractivity contribution in [3.63, 3.8) is 0 Å². The molecule has 0 aromatic heterocycles. The lowest BCUT2D eigenvalue weighted by molar-refractivity contribution is -0.274. The number of nitrogens with one attached hydrogen (secondary N) is 1. The van der Waals surface area contributed by atoms with Crippen molar-refractivity contribution in [2.45, 2.75) is 75.2 Å². The van der Waals surface area contributed by atoms with Crippen molar-refractivity contribution >= 4 is 29.1 Å². The van der Waals surface area contributed by atoms with Crippen molar-refractivity contribution in [2.75, 3.05) is 23.9 Å². The summed E-state index contributed by atoms with van der Waals surface area (Å²) in [5.74, 6) is -1.92. The predicted octanol–water partition coefficient (Wildman–Crippen LogP) is 0.696. The molecule has 7 N–H and O–H groups in total. The third-order valence-electron chi connectivity index (χ3n) is 10.1. The van der Waals surface area contributed by atoms with E-state index in [2.05, 4.69) is 5.32 Å². The zero-order valence-electron chi connectivity index (χ0n) is 28.7. The molecule has 0 aliphatic carbocycles. The maximum absolute atomic E-state index is 14.1. The van der Waals surface area contributed by atoms with Crippen LogP contribution in [-0.4, -0.2) is 104 Å². The highest BCUT2D eigenvalue weighted by molar-refractivity contribution is 6.07. The summed E-state index contributed by atoms with van der Waals surface area (Å²) in [6.07, 6.45) is -4.99. The molecule has 1 saturated heterocycles. The summed E-state index contributed by atoms with van der Waals surface area (Å²) in [5, 5.41) is 64.2. The average molecular weight is 718 g/mol. The number of carbonyl (C=O) groups excluding carboxylic acids is 3. The molecule has 3 amide bonds. The van der Waals surface area contributed by atoms with Gasteiger partial charge in [0.05, 0.1) is 32.0 Å². The topological polar surface area (TPSA) is 210 Å². The monoisotopic (exact) mass is 717 g/mol. The number of rotatable bonds is 10. The second kappa shape index (κ2) is 15.1. The molecule has 14 heteroatoms. The van der Waals surface area contributed by atoms with Crippen molar-refractivity contribution in [3.05, 3.63) is 101 Å². The van der Waals surface area contributed by atoms with Crippen LogP contribution in [0, 0.1) is 5.92 Å². The van der Waals surface area contributed by atoms with Gasteiger partial charge in [-0.15, -0.1) is 0 Å². The highest BCUT2D eigenvalue weighted by Crippen LogP contribution is 2.47. The van der Waals surface area contributed by atoms with E-state index in [1.807, 2.05) is 24.3 Å². The Bertz CT molecular complexity index is 1830. The fraction of sp³-hybridized carbons (Fsp3) is 0.395. The summed E-state index contributed by atoms with van der Waals surface area (Å²) >= 11 is 0. The minimum absolute atomic E-state index is 0.0137. The molecule has 14 nitrogen and oxygen atoms in total. The molecule has 0 radical (unpaired) electrons. The lowest BCUT2D eigenvalue weighted by atomic mass is 9.82. The van der Waals surface area contributed by atoms with Crippen LogP contribution in [0.3, 0.4) is 0 Å². The van der Waals surface area contributed by atoms with Crippen LogP contribution in [0.1, 0.15) is 35.6 Å². The highest BCUT2D eigenvalue weighted by Gasteiger charge is 2.53. The Kier molecular flexibility index (Phi) is 10.8. The summed E-state index contributed by atoms with van der Waals surface area (Å²) in [5.41, 5.74) is 1.91. The number of methoxy groups -OCH3 is 1. The van der Waals surface area contributed by atoms with E-state index in [1.54, 1.807) is 66.4 Å². The lowest BCUT2D eigenvalue weighted by Crippen LogP contribution is -2.60. The van der Waals surface area contributed by atoms with Gasteiger partial charge in [-0.3, -0.25) is 14.4 Å². The quantitative estimate of drug-likeness (QED) is 0.145. The maximum atomic E-state index is 14.1. The fourth-order valence-electron chi connectivity index (χ4n) is 7.05. The third kappa shape index (κ3) is 6.94. The summed E-state index contributed by atoms with van der Waals surface area (Å²) in [6, 6.07) is 18.9. The first-order chi connectivity index (χ1) is 24.9. The number of hydrogen-bond acceptors (Lipinski definition) is 11. The molecule has 3 aromatic rings. The molecule has 0 spiro atoms. The fourth-order valence-corrected chi connectivity index (χ4v) is 7.05. The van der Waals surface area contributed by atoms with E-state index in [-0.39, 0.29) is 31.5 Å². The number of benzene rings is 3. The molecule has 3 aliphatic heterocycles. The Labute approximate surface area is 300 Å². The van der Waals surface area contributed by atoms with Crippen LogP contribution in [0.25, 0.3) is 0 Å². The normalized spacial score (nSPS) is 27.7. The van der Waals surface area contributed by atoms with Crippen LogP contribution in [0.5, 0.6) is 5.75 Å². The van der Waals surface area contributed by atoms with Crippen LogP contribution in [0.4, 0.5) is 11.4 Å². The van der Waals surface area contributed by atoms with Crippen molar-refractivity contribution < 1.29 is 54.5 Å². The number of nitrogens with zero attached hydrogens (tertiary/aromatic N) is 2. The molecule has 52 heavy (non-hydrogen) atoms. The van der Waals surface area contributed by atoms with Gasteiger partial charge in [0.2, 0.25) is 5.91 Å². The van der Waals surface area contributed by atoms with Gasteiger partial charge in [-0.25, -0.2) is 0 Å². The zero-order chi connectivity index (χ0) is 37.3. The van der Waals surface area contributed by atoms with E-state index in [0.29, 0.717) is 41.2 Å². The van der Waals surface area contributed by atoms with Gasteiger partial charge in [0.1, 0.15) is 24.1 Å². The Morgan fingerprint density at radius 2 is 1.73 bits per heavy atom. The molecular formula is C38H43N3O11. The Morgan fingerprint density at radius 1 is 1.02 bits per heavy atom. The standard InChI is InChI=1S/C38H43N3O11/c1-21(6-5-9-30(43)40-19-24-8-4-3-7-23(24)16-26(40)20-42)38(50)28-17-27(51-2)14-15-29(28)41(37(38)49)18-22-10-12-25(13-11-22)39-35(47)34-32(45)31(44)33(46)36(48)52-34/h3-8,10-15,17,21,26,31-34,36,42,44-46,48,50H,9,16,18-20H2,1-2H3,(H,39,47)/b6-5+/t21-,26-,31-,32-,33+,34-,36+,38+/m0/s1. The van der Waals surface area contributed by atoms with Gasteiger partial charge in [-0.05, 0) is 53.4 Å². The number of hydrogen-bond donors (Lipinski definition) is 7. The molecule has 8 atom stereocenters. The Hall–Kier alpha value is -4.67. The van der Waals surface area contributed by atoms with Crippen LogP contribution in [0.15, 0.2) is 78.9 Å². The largest absolute Gasteiger partial charge is 0.497 e. The number of amides is 3. The molecule has 0 bridgehead atoms. The minimum atomic E-state index is -1.99. The van der Waals surface area contributed by atoms with E-state index in [9.17, 15) is 45.0 Å². The van der Waals surface area contributed by atoms with Gasteiger partial charge in [-0.1, -0.05) is 55.5 Å². The first-order valence-electron chi connectivity index (χ1n) is 17.0. The van der Waals surface area contributed by atoms with Gasteiger partial charge >= 0.3 is 0 Å². The lowest BCUT2D eigenvalue weighted by Gasteiger charge is -2.37. The number of carbonyl (C=O) groups is 3. The molecule has 3 aliphatic rings. The van der Waals surface area contributed by atoms with Crippen molar-refractivity contribution in [2.24, 2.45) is 5.92 Å². The summed E-state index contributed by atoms with van der Waals surface area (Å²) in [7, 11) is 1.48. The predicted molar refractivity (Wildman–Crippen MR) is 187 cm³/mol. The molecule has 6 rings (SSSR count). The summed E-state index contributed by atoms with van der Waals surface area (Å²) in [4.78, 5) is 43.3. The first kappa shape index (κ1) is 37.1. The van der Waals surface area contributed by atoms with Crippen molar-refractivity contribution in [1.82, 2.24) is 4.90 Å². The van der Waals surface area contributed by atoms with Crippen molar-refractivity contribution in [3.8, 4) is 5.75 Å². The summed E-state index contributed by atoms with van der Waals surface area (Å²) in [6.45, 7) is 1.98. The molecule has 276 valence electrons. The molecule has 0 saturated carbocycles. The van der Waals surface area contributed by atoms with Crippen LogP contribution >= 0.6 is 0 Å². The van der Waals surface area contributed by atoms with Gasteiger partial charge in [0.15, 0.2) is 18.0 Å². The zero-order valence-corrected chi connectivity index (χ0v) is 28.7. The van der Waals surface area contributed by atoms with Gasteiger partial charge in [0, 0.05) is 30.1 Å².